The molecule has 1 aromatic rings. The first kappa shape index (κ1) is 12.9. The van der Waals surface area contributed by atoms with E-state index in [0.29, 0.717) is 0 Å². The van der Waals surface area contributed by atoms with E-state index in [2.05, 4.69) is 15.9 Å². The lowest BCUT2D eigenvalue weighted by Crippen LogP contribution is -2.00. The first-order valence-corrected chi connectivity index (χ1v) is 6.85. The molecule has 3 nitrogen and oxygen atoms in total. The topological polar surface area (TPSA) is 51.2 Å². The molecule has 0 fully saturated rings. The summed E-state index contributed by atoms with van der Waals surface area (Å²) < 4.78 is 35.0. The maximum atomic E-state index is 13.1. The van der Waals surface area contributed by atoms with Crippen LogP contribution in [0.1, 0.15) is 10.4 Å². The van der Waals surface area contributed by atoms with Crippen molar-refractivity contribution in [2.45, 2.75) is 4.90 Å². The van der Waals surface area contributed by atoms with Gasteiger partial charge in [-0.15, -0.1) is 0 Å². The summed E-state index contributed by atoms with van der Waals surface area (Å²) in [4.78, 5) is 10.3. The van der Waals surface area contributed by atoms with Crippen LogP contribution in [0, 0.1) is 5.82 Å². The Morgan fingerprint density at radius 1 is 1.40 bits per heavy atom. The van der Waals surface area contributed by atoms with Gasteiger partial charge in [-0.25, -0.2) is 12.8 Å². The second kappa shape index (κ2) is 4.37. The summed E-state index contributed by atoms with van der Waals surface area (Å²) in [5.41, 5.74) is -0.543. The van der Waals surface area contributed by atoms with Gasteiger partial charge in [0.25, 0.3) is 14.3 Å². The van der Waals surface area contributed by atoms with Crippen molar-refractivity contribution >= 4 is 52.5 Å². The minimum Gasteiger partial charge on any atom is -0.275 e. The van der Waals surface area contributed by atoms with Crippen LogP contribution >= 0.6 is 38.2 Å². The van der Waals surface area contributed by atoms with Crippen LogP contribution in [0.15, 0.2) is 21.5 Å². The molecule has 0 atom stereocenters. The number of hydrogen-bond donors (Lipinski definition) is 0. The molecule has 0 radical (unpaired) electrons. The van der Waals surface area contributed by atoms with Crippen molar-refractivity contribution < 1.29 is 17.6 Å². The molecule has 0 aliphatic carbocycles. The Bertz CT molecular complexity index is 529. The highest BCUT2D eigenvalue weighted by molar-refractivity contribution is 9.10. The molecule has 0 heterocycles. The lowest BCUT2D eigenvalue weighted by atomic mass is 10.2. The fourth-order valence-electron chi connectivity index (χ4n) is 0.867. The van der Waals surface area contributed by atoms with Gasteiger partial charge >= 0.3 is 0 Å². The van der Waals surface area contributed by atoms with Gasteiger partial charge in [-0.3, -0.25) is 4.79 Å². The maximum absolute atomic E-state index is 13.1. The first-order valence-electron chi connectivity index (χ1n) is 3.37. The summed E-state index contributed by atoms with van der Waals surface area (Å²) in [6, 6.07) is 1.59. The summed E-state index contributed by atoms with van der Waals surface area (Å²) in [6.07, 6.45) is 0. The molecule has 1 rings (SSSR count). The largest absolute Gasteiger partial charge is 0.275 e. The molecule has 0 N–H and O–H groups in total. The van der Waals surface area contributed by atoms with Gasteiger partial charge in [0.2, 0.25) is 0 Å². The van der Waals surface area contributed by atoms with Gasteiger partial charge in [-0.05, 0) is 39.7 Å². The van der Waals surface area contributed by atoms with Gasteiger partial charge in [0.15, 0.2) is 0 Å². The van der Waals surface area contributed by atoms with Crippen molar-refractivity contribution in [2.24, 2.45) is 0 Å². The Hall–Kier alpha value is -0.170. The number of rotatable bonds is 2. The van der Waals surface area contributed by atoms with Crippen LogP contribution < -0.4 is 0 Å². The monoisotopic (exact) mass is 334 g/mol. The van der Waals surface area contributed by atoms with Gasteiger partial charge in [0.1, 0.15) is 5.82 Å². The third-order valence-corrected chi connectivity index (χ3v) is 3.98. The van der Waals surface area contributed by atoms with E-state index in [9.17, 15) is 17.6 Å². The number of carbonyl (C=O) groups excluding carboxylic acids is 1. The van der Waals surface area contributed by atoms with Gasteiger partial charge in [0, 0.05) is 15.2 Å². The molecule has 1 aromatic carbocycles. The summed E-state index contributed by atoms with van der Waals surface area (Å²) in [5.74, 6) is -0.925. The van der Waals surface area contributed by atoms with Gasteiger partial charge in [-0.2, -0.15) is 0 Å². The highest BCUT2D eigenvalue weighted by Crippen LogP contribution is 2.28. The van der Waals surface area contributed by atoms with Gasteiger partial charge < -0.3 is 0 Å². The molecule has 0 aromatic heterocycles. The predicted molar refractivity (Wildman–Crippen MR) is 57.3 cm³/mol. The van der Waals surface area contributed by atoms with Crippen molar-refractivity contribution in [3.05, 3.63) is 28.0 Å². The van der Waals surface area contributed by atoms with Crippen LogP contribution in [0.3, 0.4) is 0 Å². The molecule has 0 amide bonds. The summed E-state index contributed by atoms with van der Waals surface area (Å²) in [5, 5.41) is -1.10. The molecule has 0 saturated heterocycles. The molecule has 82 valence electrons. The zero-order chi connectivity index (χ0) is 11.8. The summed E-state index contributed by atoms with van der Waals surface area (Å²) in [7, 11) is 1.000. The molecular formula is C7H2BrCl2FO3S. The van der Waals surface area contributed by atoms with Crippen LogP contribution in [0.5, 0.6) is 0 Å². The maximum Gasteiger partial charge on any atom is 0.262 e. The highest BCUT2D eigenvalue weighted by atomic mass is 79.9. The average molecular weight is 336 g/mol. The van der Waals surface area contributed by atoms with Crippen molar-refractivity contribution in [2.75, 3.05) is 0 Å². The molecule has 0 spiro atoms. The molecule has 0 saturated carbocycles. The van der Waals surface area contributed by atoms with Crippen LogP contribution in [-0.2, 0) is 9.05 Å². The lowest BCUT2D eigenvalue weighted by molar-refractivity contribution is 0.107. The number of halogens is 4. The number of carbonyl (C=O) groups is 1. The van der Waals surface area contributed by atoms with E-state index in [0.717, 1.165) is 12.1 Å². The van der Waals surface area contributed by atoms with E-state index < -0.39 is 30.6 Å². The molecule has 8 heteroatoms. The fraction of sp³-hybridized carbons (Fsp3) is 0. The normalized spacial score (nSPS) is 11.5. The van der Waals surface area contributed by atoms with Crippen LogP contribution in [-0.4, -0.2) is 13.7 Å². The van der Waals surface area contributed by atoms with E-state index in [4.69, 9.17) is 22.3 Å². The Balaban J connectivity index is 3.58. The third-order valence-electron chi connectivity index (χ3n) is 1.50. The smallest absolute Gasteiger partial charge is 0.262 e. The van der Waals surface area contributed by atoms with Crippen molar-refractivity contribution in [3.63, 3.8) is 0 Å². The zero-order valence-corrected chi connectivity index (χ0v) is 10.7. The Labute approximate surface area is 103 Å². The Morgan fingerprint density at radius 2 is 1.93 bits per heavy atom. The fourth-order valence-corrected chi connectivity index (χ4v) is 3.18. The zero-order valence-electron chi connectivity index (χ0n) is 6.80. The molecule has 0 aliphatic rings. The summed E-state index contributed by atoms with van der Waals surface area (Å²) >= 11 is 7.86. The van der Waals surface area contributed by atoms with Crippen LogP contribution in [0.25, 0.3) is 0 Å². The minimum atomic E-state index is -4.06. The van der Waals surface area contributed by atoms with Crippen LogP contribution in [0.4, 0.5) is 4.39 Å². The molecule has 0 bridgehead atoms. The molecule has 15 heavy (non-hydrogen) atoms. The first-order chi connectivity index (χ1) is 6.73. The van der Waals surface area contributed by atoms with Crippen LogP contribution in [0.2, 0.25) is 0 Å². The van der Waals surface area contributed by atoms with Gasteiger partial charge in [-0.1, -0.05) is 0 Å². The van der Waals surface area contributed by atoms with E-state index in [1.807, 2.05) is 0 Å². The van der Waals surface area contributed by atoms with E-state index in [-0.39, 0.29) is 4.47 Å². The second-order valence-corrected chi connectivity index (χ2v) is 6.21. The van der Waals surface area contributed by atoms with Crippen molar-refractivity contribution in [1.29, 1.82) is 0 Å². The molecular weight excluding hydrogens is 334 g/mol. The molecule has 0 unspecified atom stereocenters. The number of benzene rings is 1. The third kappa shape index (κ3) is 2.90. The average Bonchev–Trinajstić information content (AvgIpc) is 2.00. The Kier molecular flexibility index (Phi) is 3.76. The second-order valence-electron chi connectivity index (χ2n) is 2.47. The van der Waals surface area contributed by atoms with E-state index in [1.165, 1.54) is 0 Å². The predicted octanol–water partition coefficient (Wildman–Crippen LogP) is 2.89. The Morgan fingerprint density at radius 3 is 2.33 bits per heavy atom. The lowest BCUT2D eigenvalue weighted by Gasteiger charge is -2.03. The van der Waals surface area contributed by atoms with Crippen molar-refractivity contribution in [3.8, 4) is 0 Å². The highest BCUT2D eigenvalue weighted by Gasteiger charge is 2.20. The van der Waals surface area contributed by atoms with Crippen molar-refractivity contribution in [1.82, 2.24) is 0 Å². The quantitative estimate of drug-likeness (QED) is 0.781. The summed E-state index contributed by atoms with van der Waals surface area (Å²) in [6.45, 7) is 0. The molecule has 0 aliphatic heterocycles. The van der Waals surface area contributed by atoms with E-state index in [1.54, 1.807) is 0 Å². The number of hydrogen-bond acceptors (Lipinski definition) is 3. The minimum absolute atomic E-state index is 0.0725. The standard InChI is InChI=1S/C7H2BrCl2FO3S/c8-4-2-5(11)3(7(9)12)1-6(4)15(10,13)14/h1-2H. The van der Waals surface area contributed by atoms with E-state index >= 15 is 0 Å². The van der Waals surface area contributed by atoms with Gasteiger partial charge in [0.05, 0.1) is 10.5 Å². The SMILES string of the molecule is O=C(Cl)c1cc(S(=O)(=O)Cl)c(Br)cc1F.